The minimum atomic E-state index is 0.167. The van der Waals surface area contributed by atoms with Crippen molar-refractivity contribution in [3.05, 3.63) is 16.1 Å². The highest BCUT2D eigenvalue weighted by Gasteiger charge is 2.27. The summed E-state index contributed by atoms with van der Waals surface area (Å²) in [7, 11) is 0. The minimum absolute atomic E-state index is 0.167. The lowest BCUT2D eigenvalue weighted by atomic mass is 10.0. The molecule has 104 valence electrons. The summed E-state index contributed by atoms with van der Waals surface area (Å²) in [6, 6.07) is 0.604. The summed E-state index contributed by atoms with van der Waals surface area (Å²) in [4.78, 5) is 19.3. The highest BCUT2D eigenvalue weighted by Crippen LogP contribution is 2.28. The van der Waals surface area contributed by atoms with E-state index in [1.807, 2.05) is 11.8 Å². The van der Waals surface area contributed by atoms with E-state index in [9.17, 15) is 4.79 Å². The minimum Gasteiger partial charge on any atom is -0.338 e. The van der Waals surface area contributed by atoms with Crippen molar-refractivity contribution < 1.29 is 4.79 Å². The van der Waals surface area contributed by atoms with Crippen LogP contribution in [0.3, 0.4) is 0 Å². The lowest BCUT2D eigenvalue weighted by molar-refractivity contribution is 0.0709. The number of amides is 1. The zero-order valence-corrected chi connectivity index (χ0v) is 12.2. The van der Waals surface area contributed by atoms with Gasteiger partial charge in [-0.3, -0.25) is 4.79 Å². The number of hydrogen-bond donors (Lipinski definition) is 1. The average molecular weight is 279 g/mol. The number of carbonyl (C=O) groups excluding carboxylic acids is 1. The molecule has 0 bridgehead atoms. The van der Waals surface area contributed by atoms with Crippen LogP contribution in [0.25, 0.3) is 0 Å². The molecule has 3 rings (SSSR count). The predicted molar refractivity (Wildman–Crippen MR) is 76.5 cm³/mol. The normalized spacial score (nSPS) is 20.8. The molecule has 1 aliphatic carbocycles. The lowest BCUT2D eigenvalue weighted by Gasteiger charge is -2.32. The van der Waals surface area contributed by atoms with Crippen molar-refractivity contribution in [2.24, 2.45) is 5.92 Å². The van der Waals surface area contributed by atoms with Crippen LogP contribution in [0, 0.1) is 12.8 Å². The molecular formula is C14H21N3OS. The van der Waals surface area contributed by atoms with Gasteiger partial charge in [0.1, 0.15) is 4.88 Å². The van der Waals surface area contributed by atoms with Gasteiger partial charge in [-0.05, 0) is 45.1 Å². The van der Waals surface area contributed by atoms with Gasteiger partial charge >= 0.3 is 0 Å². The summed E-state index contributed by atoms with van der Waals surface area (Å²) in [6.45, 7) is 4.83. The Kier molecular flexibility index (Phi) is 3.84. The molecule has 2 fully saturated rings. The number of nitrogens with zero attached hydrogens (tertiary/aromatic N) is 2. The molecule has 1 saturated heterocycles. The van der Waals surface area contributed by atoms with Gasteiger partial charge in [0.05, 0.1) is 11.2 Å². The number of likely N-dealkylation sites (tertiary alicyclic amines) is 1. The quantitative estimate of drug-likeness (QED) is 0.917. The fraction of sp³-hybridized carbons (Fsp3) is 0.714. The molecule has 0 aromatic carbocycles. The Balaban J connectivity index is 1.49. The maximum Gasteiger partial charge on any atom is 0.265 e. The Bertz CT molecular complexity index is 447. The Morgan fingerprint density at radius 3 is 2.74 bits per heavy atom. The van der Waals surface area contributed by atoms with Crippen LogP contribution in [-0.2, 0) is 0 Å². The van der Waals surface area contributed by atoms with Crippen molar-refractivity contribution in [2.45, 2.75) is 38.6 Å². The maximum atomic E-state index is 12.3. The largest absolute Gasteiger partial charge is 0.338 e. The molecule has 0 unspecified atom stereocenters. The Morgan fingerprint density at radius 1 is 1.42 bits per heavy atom. The molecule has 0 radical (unpaired) electrons. The van der Waals surface area contributed by atoms with Crippen LogP contribution < -0.4 is 5.32 Å². The van der Waals surface area contributed by atoms with Crippen LogP contribution in [-0.4, -0.2) is 41.5 Å². The van der Waals surface area contributed by atoms with Gasteiger partial charge in [0.25, 0.3) is 5.91 Å². The molecule has 2 aliphatic rings. The number of thiazole rings is 1. The van der Waals surface area contributed by atoms with E-state index in [0.29, 0.717) is 6.04 Å². The summed E-state index contributed by atoms with van der Waals surface area (Å²) in [5.41, 5.74) is 2.62. The number of hydrogen-bond acceptors (Lipinski definition) is 4. The molecule has 19 heavy (non-hydrogen) atoms. The molecule has 1 saturated carbocycles. The first-order valence-electron chi connectivity index (χ1n) is 7.17. The zero-order chi connectivity index (χ0) is 13.2. The maximum absolute atomic E-state index is 12.3. The van der Waals surface area contributed by atoms with E-state index in [-0.39, 0.29) is 5.91 Å². The van der Waals surface area contributed by atoms with Crippen molar-refractivity contribution in [3.63, 3.8) is 0 Å². The van der Waals surface area contributed by atoms with Gasteiger partial charge in [-0.15, -0.1) is 11.3 Å². The van der Waals surface area contributed by atoms with Crippen LogP contribution in [0.4, 0.5) is 0 Å². The van der Waals surface area contributed by atoms with Crippen LogP contribution >= 0.6 is 11.3 Å². The molecule has 1 N–H and O–H groups in total. The van der Waals surface area contributed by atoms with Crippen molar-refractivity contribution in [1.82, 2.24) is 15.2 Å². The number of aryl methyl sites for hydroxylation is 1. The zero-order valence-electron chi connectivity index (χ0n) is 11.4. The molecule has 4 nitrogen and oxygen atoms in total. The molecule has 0 atom stereocenters. The van der Waals surface area contributed by atoms with E-state index < -0.39 is 0 Å². The number of carbonyl (C=O) groups is 1. The second-order valence-electron chi connectivity index (χ2n) is 5.68. The first-order valence-corrected chi connectivity index (χ1v) is 8.04. The number of piperidine rings is 1. The van der Waals surface area contributed by atoms with E-state index in [0.717, 1.165) is 42.4 Å². The van der Waals surface area contributed by atoms with Crippen molar-refractivity contribution in [3.8, 4) is 0 Å². The fourth-order valence-electron chi connectivity index (χ4n) is 2.59. The van der Waals surface area contributed by atoms with Gasteiger partial charge in [0.15, 0.2) is 0 Å². The predicted octanol–water partition coefficient (Wildman–Crippen LogP) is 2.06. The third kappa shape index (κ3) is 3.15. The number of nitrogens with one attached hydrogen (secondary N) is 1. The van der Waals surface area contributed by atoms with Gasteiger partial charge in [0.2, 0.25) is 0 Å². The van der Waals surface area contributed by atoms with Crippen molar-refractivity contribution >= 4 is 17.2 Å². The van der Waals surface area contributed by atoms with Gasteiger partial charge < -0.3 is 10.2 Å². The van der Waals surface area contributed by atoms with Gasteiger partial charge in [0, 0.05) is 19.1 Å². The molecule has 1 aromatic heterocycles. The first-order chi connectivity index (χ1) is 9.24. The Hall–Kier alpha value is -0.940. The molecule has 2 heterocycles. The third-order valence-electron chi connectivity index (χ3n) is 4.11. The van der Waals surface area contributed by atoms with Crippen LogP contribution in [0.5, 0.6) is 0 Å². The molecule has 5 heteroatoms. The SMILES string of the molecule is Cc1ncsc1C(=O)N1CCC(NCC2CC2)CC1. The second kappa shape index (κ2) is 5.59. The molecule has 0 spiro atoms. The van der Waals surface area contributed by atoms with E-state index in [2.05, 4.69) is 10.3 Å². The highest BCUT2D eigenvalue weighted by atomic mass is 32.1. The van der Waals surface area contributed by atoms with Crippen molar-refractivity contribution in [1.29, 1.82) is 0 Å². The van der Waals surface area contributed by atoms with Crippen LogP contribution in [0.1, 0.15) is 41.0 Å². The summed E-state index contributed by atoms with van der Waals surface area (Å²) < 4.78 is 0. The number of rotatable bonds is 4. The summed E-state index contributed by atoms with van der Waals surface area (Å²) in [5, 5.41) is 3.64. The summed E-state index contributed by atoms with van der Waals surface area (Å²) >= 11 is 1.46. The smallest absolute Gasteiger partial charge is 0.265 e. The van der Waals surface area contributed by atoms with E-state index >= 15 is 0 Å². The number of aromatic nitrogens is 1. The summed E-state index contributed by atoms with van der Waals surface area (Å²) in [6.07, 6.45) is 4.95. The third-order valence-corrected chi connectivity index (χ3v) is 5.03. The Labute approximate surface area is 118 Å². The molecule has 1 aromatic rings. The second-order valence-corrected chi connectivity index (χ2v) is 6.54. The van der Waals surface area contributed by atoms with E-state index in [1.54, 1.807) is 5.51 Å². The van der Waals surface area contributed by atoms with E-state index in [1.165, 1.54) is 30.7 Å². The summed E-state index contributed by atoms with van der Waals surface area (Å²) in [5.74, 6) is 1.10. The van der Waals surface area contributed by atoms with Gasteiger partial charge in [-0.1, -0.05) is 0 Å². The van der Waals surface area contributed by atoms with E-state index in [4.69, 9.17) is 0 Å². The highest BCUT2D eigenvalue weighted by molar-refractivity contribution is 7.11. The first kappa shape index (κ1) is 13.1. The monoisotopic (exact) mass is 279 g/mol. The van der Waals surface area contributed by atoms with Crippen molar-refractivity contribution in [2.75, 3.05) is 19.6 Å². The van der Waals surface area contributed by atoms with Gasteiger partial charge in [-0.2, -0.15) is 0 Å². The molecule has 1 amide bonds. The van der Waals surface area contributed by atoms with Gasteiger partial charge in [-0.25, -0.2) is 4.98 Å². The topological polar surface area (TPSA) is 45.2 Å². The lowest BCUT2D eigenvalue weighted by Crippen LogP contribution is -2.45. The average Bonchev–Trinajstić information content (AvgIpc) is 3.17. The standard InChI is InChI=1S/C14H21N3OS/c1-10-13(19-9-16-10)14(18)17-6-4-12(5-7-17)15-8-11-2-3-11/h9,11-12,15H,2-8H2,1H3. The molecule has 1 aliphatic heterocycles. The Morgan fingerprint density at radius 2 is 2.16 bits per heavy atom. The van der Waals surface area contributed by atoms with Crippen LogP contribution in [0.2, 0.25) is 0 Å². The fourth-order valence-corrected chi connectivity index (χ4v) is 3.36. The molecular weight excluding hydrogens is 258 g/mol. The van der Waals surface area contributed by atoms with Crippen LogP contribution in [0.15, 0.2) is 5.51 Å².